The summed E-state index contributed by atoms with van der Waals surface area (Å²) in [6.07, 6.45) is -5.29. The Hall–Kier alpha value is -3.61. The number of hydrogen-bond acceptors (Lipinski definition) is 7. The number of carbonyl (C=O) groups is 1. The van der Waals surface area contributed by atoms with E-state index in [4.69, 9.17) is 31.5 Å². The zero-order valence-electron chi connectivity index (χ0n) is 21.7. The van der Waals surface area contributed by atoms with Crippen LogP contribution >= 0.6 is 11.6 Å². The van der Waals surface area contributed by atoms with E-state index in [9.17, 15) is 27.5 Å². The van der Waals surface area contributed by atoms with Gasteiger partial charge in [0.1, 0.15) is 18.1 Å². The van der Waals surface area contributed by atoms with Crippen LogP contribution in [0, 0.1) is 5.82 Å². The van der Waals surface area contributed by atoms with Crippen LogP contribution in [0.15, 0.2) is 42.5 Å². The van der Waals surface area contributed by atoms with Gasteiger partial charge in [0.25, 0.3) is 5.91 Å². The lowest BCUT2D eigenvalue weighted by molar-refractivity contribution is -0.265. The topological polar surface area (TPSA) is 116 Å². The van der Waals surface area contributed by atoms with Gasteiger partial charge in [0.05, 0.1) is 36.5 Å². The third-order valence-corrected chi connectivity index (χ3v) is 6.71. The van der Waals surface area contributed by atoms with Crippen molar-refractivity contribution in [2.24, 2.45) is 5.73 Å². The van der Waals surface area contributed by atoms with E-state index < -0.39 is 41.3 Å². The lowest BCUT2D eigenvalue weighted by Crippen LogP contribution is -2.51. The number of nitrogens with zero attached hydrogens (tertiary/aromatic N) is 1. The molecule has 0 aliphatic carbocycles. The average molecular weight is 584 g/mol. The fourth-order valence-corrected chi connectivity index (χ4v) is 4.36. The van der Waals surface area contributed by atoms with Crippen molar-refractivity contribution >= 4 is 17.5 Å². The van der Waals surface area contributed by atoms with Gasteiger partial charge in [-0.2, -0.15) is 13.2 Å². The Morgan fingerprint density at radius 2 is 1.95 bits per heavy atom. The molecular formula is C27H26ClF4N3O5. The highest BCUT2D eigenvalue weighted by molar-refractivity contribution is 6.31. The van der Waals surface area contributed by atoms with Crippen LogP contribution < -0.4 is 25.3 Å². The van der Waals surface area contributed by atoms with E-state index in [0.29, 0.717) is 12.4 Å². The van der Waals surface area contributed by atoms with Crippen molar-refractivity contribution in [1.29, 1.82) is 0 Å². The number of ether oxygens (including phenoxy) is 3. The normalized spacial score (nSPS) is 17.9. The highest BCUT2D eigenvalue weighted by Crippen LogP contribution is 2.46. The van der Waals surface area contributed by atoms with Crippen molar-refractivity contribution in [3.8, 4) is 28.5 Å². The van der Waals surface area contributed by atoms with Crippen LogP contribution in [0.1, 0.15) is 35.5 Å². The third kappa shape index (κ3) is 5.38. The summed E-state index contributed by atoms with van der Waals surface area (Å²) >= 11 is 5.90. The first-order valence-electron chi connectivity index (χ1n) is 12.0. The van der Waals surface area contributed by atoms with Crippen LogP contribution in [0.25, 0.3) is 11.3 Å². The van der Waals surface area contributed by atoms with Crippen LogP contribution in [-0.4, -0.2) is 49.0 Å². The Balaban J connectivity index is 1.76. The van der Waals surface area contributed by atoms with Gasteiger partial charge in [0.2, 0.25) is 5.60 Å². The van der Waals surface area contributed by atoms with Crippen molar-refractivity contribution in [1.82, 2.24) is 10.3 Å². The minimum absolute atomic E-state index is 0.0312. The zero-order valence-corrected chi connectivity index (χ0v) is 22.4. The maximum atomic E-state index is 14.5. The van der Waals surface area contributed by atoms with Crippen molar-refractivity contribution < 1.29 is 41.7 Å². The number of fused-ring (bicyclic) bond motifs is 1. The largest absolute Gasteiger partial charge is 0.493 e. The smallest absolute Gasteiger partial charge is 0.424 e. The summed E-state index contributed by atoms with van der Waals surface area (Å²) in [5, 5.41) is 12.9. The van der Waals surface area contributed by atoms with E-state index in [1.165, 1.54) is 44.4 Å². The highest BCUT2D eigenvalue weighted by atomic mass is 35.5. The average Bonchev–Trinajstić information content (AvgIpc) is 3.22. The summed E-state index contributed by atoms with van der Waals surface area (Å²) in [4.78, 5) is 16.9. The molecule has 13 heteroatoms. The summed E-state index contributed by atoms with van der Waals surface area (Å²) in [7, 11) is 1.35. The predicted octanol–water partition coefficient (Wildman–Crippen LogP) is 4.69. The van der Waals surface area contributed by atoms with E-state index in [-0.39, 0.29) is 45.5 Å². The summed E-state index contributed by atoms with van der Waals surface area (Å²) in [5.74, 6) is -1.04. The Bertz CT molecular complexity index is 1450. The van der Waals surface area contributed by atoms with Crippen LogP contribution in [0.3, 0.4) is 0 Å². The van der Waals surface area contributed by atoms with Gasteiger partial charge in [-0.3, -0.25) is 4.79 Å². The molecule has 0 spiro atoms. The minimum Gasteiger partial charge on any atom is -0.493 e. The molecule has 1 aliphatic heterocycles. The van der Waals surface area contributed by atoms with Gasteiger partial charge < -0.3 is 30.4 Å². The van der Waals surface area contributed by atoms with Gasteiger partial charge in [-0.25, -0.2) is 9.37 Å². The van der Waals surface area contributed by atoms with Crippen molar-refractivity contribution in [2.45, 2.75) is 31.2 Å². The van der Waals surface area contributed by atoms with Gasteiger partial charge >= 0.3 is 6.18 Å². The lowest BCUT2D eigenvalue weighted by atomic mass is 9.89. The molecule has 2 aromatic carbocycles. The Kier molecular flexibility index (Phi) is 7.90. The van der Waals surface area contributed by atoms with E-state index in [2.05, 4.69) is 10.3 Å². The summed E-state index contributed by atoms with van der Waals surface area (Å²) < 4.78 is 73.5. The van der Waals surface area contributed by atoms with Crippen molar-refractivity contribution in [3.05, 3.63) is 70.1 Å². The fourth-order valence-electron chi connectivity index (χ4n) is 4.18. The summed E-state index contributed by atoms with van der Waals surface area (Å²) in [6.45, 7) is 2.24. The molecule has 1 aromatic heterocycles. The number of amides is 1. The van der Waals surface area contributed by atoms with Crippen molar-refractivity contribution in [3.63, 3.8) is 0 Å². The quantitative estimate of drug-likeness (QED) is 0.329. The SMILES string of the molecule is CCOc1ccc(C(=O)NCC(O)(c2cc3c(c(-c4ccc(F)c(Cl)c4)n2)OC[C@]3(C)N)C(F)(F)F)cc1OC. The van der Waals surface area contributed by atoms with Crippen LogP contribution in [-0.2, 0) is 11.1 Å². The number of nitrogens with two attached hydrogens (primary N) is 1. The Labute approximate surface area is 232 Å². The molecule has 1 aliphatic rings. The number of pyridine rings is 1. The number of aliphatic hydroxyl groups is 1. The standard InChI is InChI=1S/C27H26ClF4N3O5/c1-4-39-19-8-6-15(10-20(19)38-3)24(36)34-12-26(37,27(30,31)32)21-11-16-23(40-13-25(16,2)33)22(35-21)14-5-7-18(29)17(28)9-14/h5-11,37H,4,12-13,33H2,1-3H3,(H,34,36)/t25-,26?/m0/s1. The summed E-state index contributed by atoms with van der Waals surface area (Å²) in [6, 6.07) is 8.54. The first kappa shape index (κ1) is 29.4. The molecular weight excluding hydrogens is 558 g/mol. The molecule has 3 aromatic rings. The predicted molar refractivity (Wildman–Crippen MR) is 138 cm³/mol. The van der Waals surface area contributed by atoms with Gasteiger partial charge in [0.15, 0.2) is 17.2 Å². The number of benzene rings is 2. The van der Waals surface area contributed by atoms with Gasteiger partial charge in [0, 0.05) is 16.7 Å². The van der Waals surface area contributed by atoms with E-state index in [1.807, 2.05) is 0 Å². The number of nitrogens with one attached hydrogen (secondary N) is 1. The first-order chi connectivity index (χ1) is 18.7. The number of rotatable bonds is 8. The molecule has 0 fully saturated rings. The lowest BCUT2D eigenvalue weighted by Gasteiger charge is -2.31. The second-order valence-corrected chi connectivity index (χ2v) is 9.81. The van der Waals surface area contributed by atoms with Gasteiger partial charge in [-0.15, -0.1) is 0 Å². The first-order valence-corrected chi connectivity index (χ1v) is 12.4. The van der Waals surface area contributed by atoms with E-state index in [0.717, 1.165) is 12.1 Å². The van der Waals surface area contributed by atoms with Crippen LogP contribution in [0.4, 0.5) is 17.6 Å². The number of hydrogen-bond donors (Lipinski definition) is 3. The molecule has 0 saturated carbocycles. The molecule has 0 bridgehead atoms. The van der Waals surface area contributed by atoms with Crippen molar-refractivity contribution in [2.75, 3.05) is 26.9 Å². The fraction of sp³-hybridized carbons (Fsp3) is 0.333. The second kappa shape index (κ2) is 10.8. The number of methoxy groups -OCH3 is 1. The maximum Gasteiger partial charge on any atom is 0.424 e. The van der Waals surface area contributed by atoms with E-state index >= 15 is 0 Å². The van der Waals surface area contributed by atoms with E-state index in [1.54, 1.807) is 6.92 Å². The molecule has 4 rings (SSSR count). The number of alkyl halides is 3. The molecule has 214 valence electrons. The molecule has 2 heterocycles. The van der Waals surface area contributed by atoms with Crippen LogP contribution in [0.5, 0.6) is 17.2 Å². The number of carbonyl (C=O) groups excluding carboxylic acids is 1. The number of aromatic nitrogens is 1. The molecule has 1 amide bonds. The molecule has 8 nitrogen and oxygen atoms in total. The third-order valence-electron chi connectivity index (χ3n) is 6.42. The molecule has 4 N–H and O–H groups in total. The van der Waals surface area contributed by atoms with Crippen LogP contribution in [0.2, 0.25) is 5.02 Å². The molecule has 40 heavy (non-hydrogen) atoms. The molecule has 1 unspecified atom stereocenters. The Morgan fingerprint density at radius 1 is 1.23 bits per heavy atom. The second-order valence-electron chi connectivity index (χ2n) is 9.41. The zero-order chi connectivity index (χ0) is 29.5. The molecule has 0 radical (unpaired) electrons. The molecule has 0 saturated heterocycles. The maximum absolute atomic E-state index is 14.5. The minimum atomic E-state index is -5.29. The van der Waals surface area contributed by atoms with Gasteiger partial charge in [-0.05, 0) is 56.3 Å². The Morgan fingerprint density at radius 3 is 2.58 bits per heavy atom. The number of halogens is 5. The summed E-state index contributed by atoms with van der Waals surface area (Å²) in [5.41, 5.74) is 0.658. The molecule has 2 atom stereocenters. The monoisotopic (exact) mass is 583 g/mol. The van der Waals surface area contributed by atoms with Gasteiger partial charge in [-0.1, -0.05) is 11.6 Å². The highest BCUT2D eigenvalue weighted by Gasteiger charge is 2.57.